The van der Waals surface area contributed by atoms with Crippen LogP contribution >= 0.6 is 11.3 Å². The summed E-state index contributed by atoms with van der Waals surface area (Å²) in [6.45, 7) is 8.93. The molecule has 212 valence electrons. The van der Waals surface area contributed by atoms with Crippen molar-refractivity contribution in [2.75, 3.05) is 18.0 Å². The van der Waals surface area contributed by atoms with Crippen molar-refractivity contribution in [1.29, 1.82) is 0 Å². The van der Waals surface area contributed by atoms with Gasteiger partial charge in [-0.05, 0) is 84.1 Å². The number of thiophene rings is 1. The lowest BCUT2D eigenvalue weighted by Crippen LogP contribution is -2.51. The Balaban J connectivity index is 1.58. The van der Waals surface area contributed by atoms with Gasteiger partial charge in [0.1, 0.15) is 4.88 Å². The molecule has 1 N–H and O–H groups in total. The lowest BCUT2D eigenvalue weighted by molar-refractivity contribution is -0.125. The molecule has 1 aromatic heterocycles. The van der Waals surface area contributed by atoms with Crippen LogP contribution in [0.4, 0.5) is 10.5 Å². The second-order valence-corrected chi connectivity index (χ2v) is 13.3. The van der Waals surface area contributed by atoms with Crippen molar-refractivity contribution < 1.29 is 29.0 Å². The van der Waals surface area contributed by atoms with Crippen molar-refractivity contribution in [2.45, 2.75) is 97.6 Å². The number of aromatic carboxylic acids is 1. The van der Waals surface area contributed by atoms with Gasteiger partial charge in [-0.1, -0.05) is 18.8 Å². The fraction of sp³-hybridized carbons (Fsp3) is 0.667. The molecule has 0 aromatic carbocycles. The summed E-state index contributed by atoms with van der Waals surface area (Å²) < 4.78 is 5.47. The van der Waals surface area contributed by atoms with Gasteiger partial charge in [0.25, 0.3) is 0 Å². The van der Waals surface area contributed by atoms with Gasteiger partial charge >= 0.3 is 12.1 Å². The number of amides is 2. The zero-order valence-electron chi connectivity index (χ0n) is 23.5. The Hall–Kier alpha value is -2.86. The molecular weight excluding hydrogens is 516 g/mol. The predicted octanol–water partition coefficient (Wildman–Crippen LogP) is 5.73. The van der Waals surface area contributed by atoms with E-state index in [9.17, 15) is 24.3 Å². The van der Waals surface area contributed by atoms with Crippen LogP contribution in [-0.2, 0) is 14.3 Å². The number of carbonyl (C=O) groups is 4. The average Bonchev–Trinajstić information content (AvgIpc) is 3.49. The summed E-state index contributed by atoms with van der Waals surface area (Å²) >= 11 is 1.10. The van der Waals surface area contributed by atoms with Gasteiger partial charge in [0.05, 0.1) is 10.6 Å². The number of carboxylic acids is 1. The van der Waals surface area contributed by atoms with Crippen molar-refractivity contribution in [3.8, 4) is 11.8 Å². The van der Waals surface area contributed by atoms with E-state index in [0.29, 0.717) is 55.3 Å². The smallest absolute Gasteiger partial charge is 0.410 e. The van der Waals surface area contributed by atoms with E-state index in [1.54, 1.807) is 15.9 Å². The van der Waals surface area contributed by atoms with Crippen LogP contribution in [0, 0.1) is 29.1 Å². The lowest BCUT2D eigenvalue weighted by atomic mass is 9.82. The second kappa shape index (κ2) is 12.1. The normalized spacial score (nSPS) is 24.2. The quantitative estimate of drug-likeness (QED) is 0.465. The minimum absolute atomic E-state index is 0.0270. The highest BCUT2D eigenvalue weighted by molar-refractivity contribution is 7.15. The first-order valence-corrected chi connectivity index (χ1v) is 15.0. The highest BCUT2D eigenvalue weighted by Crippen LogP contribution is 2.38. The molecule has 0 bridgehead atoms. The number of carbonyl (C=O) groups excluding carboxylic acids is 3. The van der Waals surface area contributed by atoms with Gasteiger partial charge < -0.3 is 19.6 Å². The Morgan fingerprint density at radius 2 is 1.74 bits per heavy atom. The van der Waals surface area contributed by atoms with Crippen LogP contribution in [0.3, 0.4) is 0 Å². The molecule has 2 heterocycles. The molecule has 2 amide bonds. The molecule has 3 aliphatic rings. The van der Waals surface area contributed by atoms with E-state index in [0.717, 1.165) is 43.4 Å². The molecule has 2 aliphatic carbocycles. The number of nitrogens with zero attached hydrogens (tertiary/aromatic N) is 2. The summed E-state index contributed by atoms with van der Waals surface area (Å²) in [5, 5.41) is 10.1. The SMILES string of the molecule is CC(C)(C)C#Cc1cc(N(C(=O)[C@H]2CC[C@H](C)CC2)C2CCN(C(=O)O[C@H]3CCCC3=O)CC2)c(C(=O)O)s1. The molecule has 1 aliphatic heterocycles. The summed E-state index contributed by atoms with van der Waals surface area (Å²) in [6.07, 6.45) is 5.16. The van der Waals surface area contributed by atoms with E-state index >= 15 is 0 Å². The number of carboxylic acid groups (broad SMARTS) is 1. The zero-order chi connectivity index (χ0) is 28.3. The number of Topliss-reactive ketones (excluding diaryl/α,β-unsaturated/α-hetero) is 1. The van der Waals surface area contributed by atoms with Crippen molar-refractivity contribution in [2.24, 2.45) is 17.3 Å². The third-order valence-corrected chi connectivity index (χ3v) is 8.94. The Labute approximate surface area is 235 Å². The van der Waals surface area contributed by atoms with Crippen molar-refractivity contribution in [3.63, 3.8) is 0 Å². The Bertz CT molecular complexity index is 1160. The van der Waals surface area contributed by atoms with Crippen LogP contribution in [0.25, 0.3) is 0 Å². The van der Waals surface area contributed by atoms with Gasteiger partial charge in [-0.3, -0.25) is 9.59 Å². The van der Waals surface area contributed by atoms with Gasteiger partial charge in [-0.15, -0.1) is 11.3 Å². The topological polar surface area (TPSA) is 104 Å². The molecule has 0 spiro atoms. The lowest BCUT2D eigenvalue weighted by Gasteiger charge is -2.40. The molecule has 1 saturated heterocycles. The Morgan fingerprint density at radius 1 is 1.08 bits per heavy atom. The first kappa shape index (κ1) is 29.1. The van der Waals surface area contributed by atoms with Gasteiger partial charge in [-0.2, -0.15) is 0 Å². The molecule has 39 heavy (non-hydrogen) atoms. The van der Waals surface area contributed by atoms with E-state index in [2.05, 4.69) is 18.8 Å². The summed E-state index contributed by atoms with van der Waals surface area (Å²) in [5.41, 5.74) is 0.166. The third-order valence-electron chi connectivity index (χ3n) is 7.91. The van der Waals surface area contributed by atoms with E-state index in [1.807, 2.05) is 20.8 Å². The monoisotopic (exact) mass is 556 g/mol. The minimum Gasteiger partial charge on any atom is -0.477 e. The first-order valence-electron chi connectivity index (χ1n) is 14.1. The number of hydrogen-bond donors (Lipinski definition) is 1. The van der Waals surface area contributed by atoms with Crippen LogP contribution in [0.2, 0.25) is 0 Å². The highest BCUT2D eigenvalue weighted by atomic mass is 32.1. The van der Waals surface area contributed by atoms with Gasteiger partial charge in [0.15, 0.2) is 11.9 Å². The maximum atomic E-state index is 14.0. The third kappa shape index (κ3) is 7.21. The number of rotatable bonds is 5. The standard InChI is InChI=1S/C30H40N2O6S/c1-19-8-10-20(11-9-19)27(34)32(23-18-22(12-15-30(2,3)4)39-26(23)28(35)36)21-13-16-31(17-14-21)29(37)38-25-7-5-6-24(25)33/h18-21,25H,5-11,13-14,16-17H2,1-4H3,(H,35,36)/t19-,20-,25-/m0/s1. The molecule has 3 fully saturated rings. The van der Waals surface area contributed by atoms with Crippen molar-refractivity contribution >= 4 is 40.8 Å². The Morgan fingerprint density at radius 3 is 2.31 bits per heavy atom. The van der Waals surface area contributed by atoms with Crippen molar-refractivity contribution in [1.82, 2.24) is 4.90 Å². The van der Waals surface area contributed by atoms with Gasteiger partial charge in [0.2, 0.25) is 5.91 Å². The van der Waals surface area contributed by atoms with Crippen LogP contribution in [0.5, 0.6) is 0 Å². The molecule has 1 aromatic rings. The largest absolute Gasteiger partial charge is 0.477 e. The molecule has 0 radical (unpaired) electrons. The summed E-state index contributed by atoms with van der Waals surface area (Å²) in [5.74, 6) is 5.58. The zero-order valence-corrected chi connectivity index (χ0v) is 24.3. The number of hydrogen-bond acceptors (Lipinski definition) is 6. The molecular formula is C30H40N2O6S. The molecule has 8 nitrogen and oxygen atoms in total. The maximum Gasteiger partial charge on any atom is 0.410 e. The highest BCUT2D eigenvalue weighted by Gasteiger charge is 2.38. The molecule has 1 atom stereocenters. The van der Waals surface area contributed by atoms with E-state index < -0.39 is 18.2 Å². The summed E-state index contributed by atoms with van der Waals surface area (Å²) in [4.78, 5) is 55.1. The summed E-state index contributed by atoms with van der Waals surface area (Å²) in [7, 11) is 0. The van der Waals surface area contributed by atoms with Crippen LogP contribution in [0.15, 0.2) is 6.07 Å². The number of likely N-dealkylation sites (tertiary alicyclic amines) is 1. The number of ether oxygens (including phenoxy) is 1. The fourth-order valence-corrected chi connectivity index (χ4v) is 6.48. The average molecular weight is 557 g/mol. The molecule has 2 saturated carbocycles. The maximum absolute atomic E-state index is 14.0. The molecule has 4 rings (SSSR count). The van der Waals surface area contributed by atoms with E-state index in [4.69, 9.17) is 4.74 Å². The van der Waals surface area contributed by atoms with E-state index in [1.165, 1.54) is 0 Å². The van der Waals surface area contributed by atoms with Gasteiger partial charge in [-0.25, -0.2) is 9.59 Å². The number of ketones is 1. The predicted molar refractivity (Wildman–Crippen MR) is 150 cm³/mol. The fourth-order valence-electron chi connectivity index (χ4n) is 5.63. The summed E-state index contributed by atoms with van der Waals surface area (Å²) in [6, 6.07) is 1.51. The minimum atomic E-state index is -1.07. The van der Waals surface area contributed by atoms with Crippen molar-refractivity contribution in [3.05, 3.63) is 15.8 Å². The first-order chi connectivity index (χ1) is 18.4. The van der Waals surface area contributed by atoms with Crippen LogP contribution in [0.1, 0.15) is 100 Å². The van der Waals surface area contributed by atoms with Crippen LogP contribution in [-0.4, -0.2) is 59.0 Å². The number of piperidine rings is 1. The second-order valence-electron chi connectivity index (χ2n) is 12.2. The number of anilines is 1. The van der Waals surface area contributed by atoms with E-state index in [-0.39, 0.29) is 33.9 Å². The molecule has 0 unspecified atom stereocenters. The Kier molecular flexibility index (Phi) is 9.05. The molecule has 9 heteroatoms. The van der Waals surface area contributed by atoms with Crippen LogP contribution < -0.4 is 4.90 Å². The van der Waals surface area contributed by atoms with Gasteiger partial charge in [0, 0.05) is 36.9 Å².